The number of rotatable bonds is 4. The van der Waals surface area contributed by atoms with Gasteiger partial charge < -0.3 is 5.32 Å². The van der Waals surface area contributed by atoms with Crippen LogP contribution in [0.3, 0.4) is 0 Å². The van der Waals surface area contributed by atoms with Gasteiger partial charge in [-0.15, -0.1) is 0 Å². The third-order valence-corrected chi connectivity index (χ3v) is 3.37. The van der Waals surface area contributed by atoms with Gasteiger partial charge in [-0.25, -0.2) is 9.67 Å². The van der Waals surface area contributed by atoms with Crippen molar-refractivity contribution in [1.82, 2.24) is 14.8 Å². The number of nitrogens with one attached hydrogen (secondary N) is 1. The number of carbonyl (C=O) groups excluding carboxylic acids is 1. The Bertz CT molecular complexity index is 746. The molecule has 22 heavy (non-hydrogen) atoms. The molecule has 0 saturated carbocycles. The fraction of sp³-hybridized carbons (Fsp3) is 0.118. The van der Waals surface area contributed by atoms with Crippen molar-refractivity contribution in [3.8, 4) is 5.82 Å². The van der Waals surface area contributed by atoms with Gasteiger partial charge in [0.25, 0.3) is 5.91 Å². The van der Waals surface area contributed by atoms with Gasteiger partial charge in [0.05, 0.1) is 5.56 Å². The number of hydrogen-bond acceptors (Lipinski definition) is 3. The summed E-state index contributed by atoms with van der Waals surface area (Å²) in [5, 5.41) is 6.96. The quantitative estimate of drug-likeness (QED) is 0.804. The number of hydrogen-bond donors (Lipinski definition) is 1. The van der Waals surface area contributed by atoms with Gasteiger partial charge in [-0.05, 0) is 42.3 Å². The number of aromatic nitrogens is 3. The van der Waals surface area contributed by atoms with Gasteiger partial charge in [0, 0.05) is 24.3 Å². The summed E-state index contributed by atoms with van der Waals surface area (Å²) in [6.45, 7) is 2.10. The molecule has 0 radical (unpaired) electrons. The van der Waals surface area contributed by atoms with E-state index < -0.39 is 0 Å². The van der Waals surface area contributed by atoms with E-state index in [1.165, 1.54) is 5.56 Å². The molecule has 0 spiro atoms. The molecular weight excluding hydrogens is 276 g/mol. The number of aryl methyl sites for hydroxylation is 1. The highest BCUT2D eigenvalue weighted by atomic mass is 16.1. The Labute approximate surface area is 128 Å². The average Bonchev–Trinajstić information content (AvgIpc) is 3.10. The topological polar surface area (TPSA) is 59.8 Å². The molecule has 5 heteroatoms. The molecule has 0 aliphatic heterocycles. The molecule has 110 valence electrons. The Morgan fingerprint density at radius 1 is 1.18 bits per heavy atom. The maximum absolute atomic E-state index is 12.2. The van der Waals surface area contributed by atoms with Crippen LogP contribution < -0.4 is 5.32 Å². The van der Waals surface area contributed by atoms with Crippen LogP contribution in [0.1, 0.15) is 22.8 Å². The first-order valence-electron chi connectivity index (χ1n) is 7.12. The van der Waals surface area contributed by atoms with Gasteiger partial charge in [-0.2, -0.15) is 5.10 Å². The normalized spacial score (nSPS) is 10.4. The Balaban J connectivity index is 1.71. The van der Waals surface area contributed by atoms with Crippen LogP contribution in [0, 0.1) is 0 Å². The van der Waals surface area contributed by atoms with Crippen molar-refractivity contribution in [2.24, 2.45) is 0 Å². The van der Waals surface area contributed by atoms with Gasteiger partial charge in [0.1, 0.15) is 0 Å². The molecule has 0 aliphatic carbocycles. The van der Waals surface area contributed by atoms with E-state index in [0.717, 1.165) is 12.1 Å². The van der Waals surface area contributed by atoms with E-state index in [0.29, 0.717) is 11.4 Å². The molecule has 0 aliphatic rings. The monoisotopic (exact) mass is 292 g/mol. The maximum atomic E-state index is 12.2. The summed E-state index contributed by atoms with van der Waals surface area (Å²) in [5.74, 6) is 0.498. The molecule has 1 amide bonds. The van der Waals surface area contributed by atoms with Crippen LogP contribution in [0.25, 0.3) is 5.82 Å². The zero-order valence-electron chi connectivity index (χ0n) is 12.2. The van der Waals surface area contributed by atoms with Crippen molar-refractivity contribution in [1.29, 1.82) is 0 Å². The summed E-state index contributed by atoms with van der Waals surface area (Å²) in [5.41, 5.74) is 2.53. The number of carbonyl (C=O) groups is 1. The number of nitrogens with zero attached hydrogens (tertiary/aromatic N) is 3. The van der Waals surface area contributed by atoms with Crippen LogP contribution in [0.15, 0.2) is 61.1 Å². The van der Waals surface area contributed by atoms with E-state index in [1.807, 2.05) is 30.3 Å². The molecule has 2 heterocycles. The average molecular weight is 292 g/mol. The van der Waals surface area contributed by atoms with Crippen molar-refractivity contribution in [3.63, 3.8) is 0 Å². The third kappa shape index (κ3) is 3.03. The fourth-order valence-electron chi connectivity index (χ4n) is 2.09. The van der Waals surface area contributed by atoms with Gasteiger partial charge in [-0.1, -0.05) is 19.1 Å². The first-order chi connectivity index (χ1) is 10.8. The Morgan fingerprint density at radius 3 is 2.59 bits per heavy atom. The smallest absolute Gasteiger partial charge is 0.257 e. The molecule has 0 bridgehead atoms. The molecular formula is C17H16N4O. The second-order valence-corrected chi connectivity index (χ2v) is 4.86. The van der Waals surface area contributed by atoms with Crippen molar-refractivity contribution in [2.45, 2.75) is 13.3 Å². The Hall–Kier alpha value is -2.95. The highest BCUT2D eigenvalue weighted by Gasteiger charge is 2.07. The number of anilines is 1. The van der Waals surface area contributed by atoms with E-state index in [2.05, 4.69) is 22.3 Å². The van der Waals surface area contributed by atoms with Crippen LogP contribution in [0.5, 0.6) is 0 Å². The van der Waals surface area contributed by atoms with Crippen LogP contribution in [-0.2, 0) is 6.42 Å². The number of amides is 1. The van der Waals surface area contributed by atoms with Crippen molar-refractivity contribution >= 4 is 11.6 Å². The summed E-state index contributed by atoms with van der Waals surface area (Å²) in [6.07, 6.45) is 6.01. The molecule has 5 nitrogen and oxygen atoms in total. The van der Waals surface area contributed by atoms with Crippen LogP contribution >= 0.6 is 0 Å². The molecule has 1 N–H and O–H groups in total. The van der Waals surface area contributed by atoms with Crippen LogP contribution in [0.2, 0.25) is 0 Å². The molecule has 3 rings (SSSR count). The van der Waals surface area contributed by atoms with Crippen molar-refractivity contribution in [2.75, 3.05) is 5.32 Å². The predicted octanol–water partition coefficient (Wildman–Crippen LogP) is 3.08. The lowest BCUT2D eigenvalue weighted by molar-refractivity contribution is 0.102. The highest BCUT2D eigenvalue weighted by molar-refractivity contribution is 6.04. The SMILES string of the molecule is CCc1ccc(NC(=O)c2ccc(-n3cccn3)nc2)cc1. The second-order valence-electron chi connectivity index (χ2n) is 4.86. The fourth-order valence-corrected chi connectivity index (χ4v) is 2.09. The molecule has 2 aromatic heterocycles. The minimum atomic E-state index is -0.177. The van der Waals surface area contributed by atoms with Crippen LogP contribution in [-0.4, -0.2) is 20.7 Å². The first-order valence-corrected chi connectivity index (χ1v) is 7.12. The van der Waals surface area contributed by atoms with Crippen molar-refractivity contribution < 1.29 is 4.79 Å². The van der Waals surface area contributed by atoms with E-state index in [1.54, 1.807) is 35.4 Å². The minimum absolute atomic E-state index is 0.177. The van der Waals surface area contributed by atoms with E-state index in [4.69, 9.17) is 0 Å². The Kier molecular flexibility index (Phi) is 3.96. The lowest BCUT2D eigenvalue weighted by Crippen LogP contribution is -2.12. The number of benzene rings is 1. The lowest BCUT2D eigenvalue weighted by Gasteiger charge is -2.06. The molecule has 0 saturated heterocycles. The standard InChI is InChI=1S/C17H16N4O/c1-2-13-4-7-15(8-5-13)20-17(22)14-6-9-16(18-12-14)21-11-3-10-19-21/h3-12H,2H2,1H3,(H,20,22). The third-order valence-electron chi connectivity index (χ3n) is 3.37. The largest absolute Gasteiger partial charge is 0.322 e. The number of pyridine rings is 1. The second kappa shape index (κ2) is 6.22. The van der Waals surface area contributed by atoms with Crippen molar-refractivity contribution in [3.05, 3.63) is 72.2 Å². The Morgan fingerprint density at radius 2 is 2.00 bits per heavy atom. The summed E-state index contributed by atoms with van der Waals surface area (Å²) < 4.78 is 1.64. The van der Waals surface area contributed by atoms with Gasteiger partial charge in [-0.3, -0.25) is 4.79 Å². The summed E-state index contributed by atoms with van der Waals surface area (Å²) in [7, 11) is 0. The van der Waals surface area contributed by atoms with Gasteiger partial charge in [0.15, 0.2) is 5.82 Å². The van der Waals surface area contributed by atoms with E-state index >= 15 is 0 Å². The minimum Gasteiger partial charge on any atom is -0.322 e. The van der Waals surface area contributed by atoms with Crippen LogP contribution in [0.4, 0.5) is 5.69 Å². The molecule has 0 atom stereocenters. The molecule has 0 fully saturated rings. The summed E-state index contributed by atoms with van der Waals surface area (Å²) in [6, 6.07) is 13.2. The van der Waals surface area contributed by atoms with E-state index in [-0.39, 0.29) is 5.91 Å². The zero-order chi connectivity index (χ0) is 15.4. The molecule has 3 aromatic rings. The summed E-state index contributed by atoms with van der Waals surface area (Å²) >= 11 is 0. The lowest BCUT2D eigenvalue weighted by atomic mass is 10.1. The summed E-state index contributed by atoms with van der Waals surface area (Å²) in [4.78, 5) is 16.4. The zero-order valence-corrected chi connectivity index (χ0v) is 12.2. The highest BCUT2D eigenvalue weighted by Crippen LogP contribution is 2.12. The molecule has 0 unspecified atom stereocenters. The predicted molar refractivity (Wildman–Crippen MR) is 85.1 cm³/mol. The maximum Gasteiger partial charge on any atom is 0.257 e. The van der Waals surface area contributed by atoms with E-state index in [9.17, 15) is 4.79 Å². The van der Waals surface area contributed by atoms with Gasteiger partial charge in [0.2, 0.25) is 0 Å². The first kappa shape index (κ1) is 14.0. The molecule has 1 aromatic carbocycles. The van der Waals surface area contributed by atoms with Gasteiger partial charge >= 0.3 is 0 Å².